The smallest absolute Gasteiger partial charge is 0.267 e. The Kier molecular flexibility index (Phi) is 6.26. The first-order valence-corrected chi connectivity index (χ1v) is 11.6. The molecule has 5 rings (SSSR count). The van der Waals surface area contributed by atoms with E-state index in [1.165, 1.54) is 0 Å². The highest BCUT2D eigenvalue weighted by molar-refractivity contribution is 7.71. The van der Waals surface area contributed by atoms with Crippen LogP contribution in [-0.4, -0.2) is 46.2 Å². The zero-order valence-corrected chi connectivity index (χ0v) is 20.6. The molecule has 3 aromatic heterocycles. The molecule has 10 heteroatoms. The maximum absolute atomic E-state index is 12.8. The number of nitrogens with two attached hydrogens (primary N) is 1. The number of hydrogen-bond donors (Lipinski definition) is 3. The van der Waals surface area contributed by atoms with Gasteiger partial charge in [-0.15, -0.1) is 0 Å². The van der Waals surface area contributed by atoms with Crippen LogP contribution in [0.2, 0.25) is 0 Å². The Morgan fingerprint density at radius 3 is 2.67 bits per heavy atom. The number of ether oxygens (including phenoxy) is 2. The van der Waals surface area contributed by atoms with E-state index in [-0.39, 0.29) is 5.91 Å². The Balaban J connectivity index is 1.32. The van der Waals surface area contributed by atoms with Crippen LogP contribution < -0.4 is 20.5 Å². The number of nitrogen functional groups attached to an aromatic ring is 1. The van der Waals surface area contributed by atoms with Gasteiger partial charge in [0, 0.05) is 53.4 Å². The third-order valence-electron chi connectivity index (χ3n) is 6.00. The lowest BCUT2D eigenvalue weighted by Gasteiger charge is -2.15. The molecule has 0 atom stereocenters. The molecule has 4 N–H and O–H groups in total. The fraction of sp³-hybridized carbons (Fsp3) is 0.154. The third kappa shape index (κ3) is 4.34. The molecule has 0 aliphatic heterocycles. The van der Waals surface area contributed by atoms with E-state index in [4.69, 9.17) is 27.4 Å². The standard InChI is InChI=1S/C26H24N6O3S/c1-34-22-12-18-20(13-23(22)35-2)31-26(36)32(24(18)27)9-8-29-25(33)21-11-16-6-5-15(10-19(16)30-21)17-4-3-7-28-14-17/h3-7,10-14,30H,8-9,27H2,1-2H3,(H,29,33). The van der Waals surface area contributed by atoms with E-state index in [1.54, 1.807) is 37.1 Å². The zero-order valence-electron chi connectivity index (χ0n) is 19.7. The van der Waals surface area contributed by atoms with Gasteiger partial charge in [0.05, 0.1) is 19.7 Å². The highest BCUT2D eigenvalue weighted by Crippen LogP contribution is 2.33. The minimum absolute atomic E-state index is 0.223. The average molecular weight is 501 g/mol. The molecule has 182 valence electrons. The fourth-order valence-electron chi connectivity index (χ4n) is 4.13. The maximum atomic E-state index is 12.8. The van der Waals surface area contributed by atoms with Crippen molar-refractivity contribution in [3.05, 3.63) is 71.4 Å². The number of carbonyl (C=O) groups excluding carboxylic acids is 1. The highest BCUT2D eigenvalue weighted by Gasteiger charge is 2.14. The second-order valence-corrected chi connectivity index (χ2v) is 8.50. The maximum Gasteiger partial charge on any atom is 0.267 e. The van der Waals surface area contributed by atoms with Crippen LogP contribution in [0.4, 0.5) is 5.82 Å². The minimum Gasteiger partial charge on any atom is -0.493 e. The molecule has 0 spiro atoms. The van der Waals surface area contributed by atoms with Crippen molar-refractivity contribution in [3.63, 3.8) is 0 Å². The van der Waals surface area contributed by atoms with Crippen molar-refractivity contribution in [1.29, 1.82) is 0 Å². The van der Waals surface area contributed by atoms with Gasteiger partial charge in [-0.3, -0.25) is 9.78 Å². The summed E-state index contributed by atoms with van der Waals surface area (Å²) in [6, 6.07) is 15.2. The monoisotopic (exact) mass is 500 g/mol. The van der Waals surface area contributed by atoms with Crippen LogP contribution in [0.5, 0.6) is 11.5 Å². The molecular formula is C26H24N6O3S. The summed E-state index contributed by atoms with van der Waals surface area (Å²) in [6.07, 6.45) is 3.55. The van der Waals surface area contributed by atoms with E-state index in [9.17, 15) is 4.79 Å². The number of anilines is 1. The number of benzene rings is 2. The van der Waals surface area contributed by atoms with Gasteiger partial charge in [-0.1, -0.05) is 18.2 Å². The average Bonchev–Trinajstić information content (AvgIpc) is 3.34. The molecular weight excluding hydrogens is 476 g/mol. The van der Waals surface area contributed by atoms with Gasteiger partial charge in [-0.05, 0) is 42.0 Å². The van der Waals surface area contributed by atoms with Gasteiger partial charge in [-0.2, -0.15) is 0 Å². The molecule has 0 aliphatic carbocycles. The van der Waals surface area contributed by atoms with Gasteiger partial charge in [-0.25, -0.2) is 4.98 Å². The normalized spacial score (nSPS) is 11.1. The number of aromatic nitrogens is 4. The molecule has 9 nitrogen and oxygen atoms in total. The van der Waals surface area contributed by atoms with E-state index in [0.717, 1.165) is 22.0 Å². The first-order chi connectivity index (χ1) is 17.5. The van der Waals surface area contributed by atoms with Crippen LogP contribution in [0.15, 0.2) is 60.9 Å². The SMILES string of the molecule is COc1cc2nc(=S)n(CCNC(=O)c3cc4ccc(-c5cccnc5)cc4[nH]3)c(N)c2cc1OC. The van der Waals surface area contributed by atoms with Crippen molar-refractivity contribution in [3.8, 4) is 22.6 Å². The molecule has 2 aromatic carbocycles. The molecule has 0 aliphatic rings. The van der Waals surface area contributed by atoms with Gasteiger partial charge < -0.3 is 30.1 Å². The van der Waals surface area contributed by atoms with E-state index < -0.39 is 0 Å². The summed E-state index contributed by atoms with van der Waals surface area (Å²) in [5, 5.41) is 4.56. The lowest BCUT2D eigenvalue weighted by Crippen LogP contribution is -2.28. The minimum atomic E-state index is -0.223. The van der Waals surface area contributed by atoms with E-state index >= 15 is 0 Å². The van der Waals surface area contributed by atoms with Crippen LogP contribution in [0.3, 0.4) is 0 Å². The summed E-state index contributed by atoms with van der Waals surface area (Å²) in [7, 11) is 3.11. The number of carbonyl (C=O) groups is 1. The van der Waals surface area contributed by atoms with Crippen LogP contribution >= 0.6 is 12.2 Å². The molecule has 0 fully saturated rings. The van der Waals surface area contributed by atoms with Gasteiger partial charge in [0.15, 0.2) is 11.5 Å². The molecule has 3 heterocycles. The first kappa shape index (κ1) is 23.3. The lowest BCUT2D eigenvalue weighted by molar-refractivity contribution is 0.0948. The topological polar surface area (TPSA) is 120 Å². The van der Waals surface area contributed by atoms with E-state index in [2.05, 4.69) is 20.3 Å². The molecule has 1 amide bonds. The van der Waals surface area contributed by atoms with E-state index in [0.29, 0.717) is 51.8 Å². The lowest BCUT2D eigenvalue weighted by atomic mass is 10.1. The number of methoxy groups -OCH3 is 2. The number of pyridine rings is 1. The molecule has 0 radical (unpaired) electrons. The quantitative estimate of drug-likeness (QED) is 0.284. The van der Waals surface area contributed by atoms with Crippen molar-refractivity contribution < 1.29 is 14.3 Å². The Morgan fingerprint density at radius 2 is 1.92 bits per heavy atom. The van der Waals surface area contributed by atoms with Gasteiger partial charge >= 0.3 is 0 Å². The van der Waals surface area contributed by atoms with Crippen molar-refractivity contribution in [2.45, 2.75) is 6.54 Å². The number of nitrogens with one attached hydrogen (secondary N) is 2. The fourth-order valence-corrected chi connectivity index (χ4v) is 4.42. The second-order valence-electron chi connectivity index (χ2n) is 8.14. The summed E-state index contributed by atoms with van der Waals surface area (Å²) >= 11 is 5.45. The van der Waals surface area contributed by atoms with E-state index in [1.807, 2.05) is 42.6 Å². The van der Waals surface area contributed by atoms with Gasteiger partial charge in [0.1, 0.15) is 11.5 Å². The van der Waals surface area contributed by atoms with Crippen LogP contribution in [-0.2, 0) is 6.54 Å². The highest BCUT2D eigenvalue weighted by atomic mass is 32.1. The summed E-state index contributed by atoms with van der Waals surface area (Å²) in [6.45, 7) is 0.674. The number of hydrogen-bond acceptors (Lipinski definition) is 7. The van der Waals surface area contributed by atoms with Gasteiger partial charge in [0.2, 0.25) is 4.77 Å². The van der Waals surface area contributed by atoms with Crippen molar-refractivity contribution in [1.82, 2.24) is 24.8 Å². The van der Waals surface area contributed by atoms with Gasteiger partial charge in [0.25, 0.3) is 5.91 Å². The summed E-state index contributed by atoms with van der Waals surface area (Å²) in [5.41, 5.74) is 10.4. The second kappa shape index (κ2) is 9.67. The zero-order chi connectivity index (χ0) is 25.2. The number of aromatic amines is 1. The predicted molar refractivity (Wildman–Crippen MR) is 142 cm³/mol. The predicted octanol–water partition coefficient (Wildman–Crippen LogP) is 4.34. The van der Waals surface area contributed by atoms with Crippen LogP contribution in [0.1, 0.15) is 10.5 Å². The molecule has 0 bridgehead atoms. The number of rotatable bonds is 7. The Bertz CT molecular complexity index is 1650. The molecule has 0 saturated heterocycles. The van der Waals surface area contributed by atoms with Crippen LogP contribution in [0, 0.1) is 4.77 Å². The van der Waals surface area contributed by atoms with Crippen molar-refractivity contribution >= 4 is 45.7 Å². The van der Waals surface area contributed by atoms with Crippen molar-refractivity contribution in [2.75, 3.05) is 26.5 Å². The molecule has 0 unspecified atom stereocenters. The summed E-state index contributed by atoms with van der Waals surface area (Å²) < 4.78 is 12.7. The third-order valence-corrected chi connectivity index (χ3v) is 6.31. The number of nitrogens with zero attached hydrogens (tertiary/aromatic N) is 3. The number of fused-ring (bicyclic) bond motifs is 2. The summed E-state index contributed by atoms with van der Waals surface area (Å²) in [5.74, 6) is 1.30. The van der Waals surface area contributed by atoms with Crippen molar-refractivity contribution in [2.24, 2.45) is 0 Å². The number of amides is 1. The molecule has 5 aromatic rings. The molecule has 36 heavy (non-hydrogen) atoms. The molecule has 0 saturated carbocycles. The Labute approximate surface area is 211 Å². The Hall–Kier alpha value is -4.44. The Morgan fingerprint density at radius 1 is 1.11 bits per heavy atom. The number of H-pyrrole nitrogens is 1. The first-order valence-electron chi connectivity index (χ1n) is 11.2. The largest absolute Gasteiger partial charge is 0.493 e. The van der Waals surface area contributed by atoms with Crippen LogP contribution in [0.25, 0.3) is 32.9 Å². The summed E-state index contributed by atoms with van der Waals surface area (Å²) in [4.78, 5) is 24.7.